The highest BCUT2D eigenvalue weighted by Crippen LogP contribution is 2.24. The van der Waals surface area contributed by atoms with Crippen LogP contribution in [-0.4, -0.2) is 48.0 Å². The van der Waals surface area contributed by atoms with Gasteiger partial charge in [0.1, 0.15) is 0 Å². The van der Waals surface area contributed by atoms with Crippen molar-refractivity contribution < 1.29 is 14.1 Å². The molecule has 0 amide bonds. The third-order valence-electron chi connectivity index (χ3n) is 2.35. The van der Waals surface area contributed by atoms with E-state index in [1.165, 1.54) is 0 Å². The third-order valence-corrected chi connectivity index (χ3v) is 4.54. The SMILES string of the molecule is COCCNCC(O)CS(=O)c1cc(Cl)ccc1Cl. The number of halogens is 2. The Morgan fingerprint density at radius 3 is 2.89 bits per heavy atom. The normalized spacial score (nSPS) is 14.3. The van der Waals surface area contributed by atoms with Crippen molar-refractivity contribution in [3.05, 3.63) is 28.2 Å². The largest absolute Gasteiger partial charge is 0.391 e. The zero-order chi connectivity index (χ0) is 14.3. The third kappa shape index (κ3) is 6.21. The molecule has 7 heteroatoms. The highest BCUT2D eigenvalue weighted by molar-refractivity contribution is 7.85. The summed E-state index contributed by atoms with van der Waals surface area (Å²) in [7, 11) is 0.225. The summed E-state index contributed by atoms with van der Waals surface area (Å²) in [6.07, 6.45) is -0.715. The van der Waals surface area contributed by atoms with Crippen LogP contribution in [0.2, 0.25) is 10.0 Å². The van der Waals surface area contributed by atoms with Crippen LogP contribution in [-0.2, 0) is 15.5 Å². The molecule has 4 nitrogen and oxygen atoms in total. The van der Waals surface area contributed by atoms with Crippen LogP contribution >= 0.6 is 23.2 Å². The van der Waals surface area contributed by atoms with Gasteiger partial charge in [0.2, 0.25) is 0 Å². The Morgan fingerprint density at radius 1 is 1.47 bits per heavy atom. The van der Waals surface area contributed by atoms with Gasteiger partial charge in [0.15, 0.2) is 0 Å². The molecular formula is C12H17Cl2NO3S. The quantitative estimate of drug-likeness (QED) is 0.714. The number of benzene rings is 1. The Bertz CT molecular complexity index is 431. The molecule has 0 aliphatic rings. The fourth-order valence-corrected chi connectivity index (χ4v) is 3.22. The molecule has 0 aliphatic carbocycles. The lowest BCUT2D eigenvalue weighted by Gasteiger charge is -2.12. The molecule has 0 aromatic heterocycles. The van der Waals surface area contributed by atoms with Gasteiger partial charge in [-0.15, -0.1) is 0 Å². The summed E-state index contributed by atoms with van der Waals surface area (Å²) >= 11 is 11.8. The molecule has 1 rings (SSSR count). The van der Waals surface area contributed by atoms with Crippen LogP contribution in [0.1, 0.15) is 0 Å². The van der Waals surface area contributed by atoms with Crippen LogP contribution in [0.15, 0.2) is 23.1 Å². The van der Waals surface area contributed by atoms with Crippen molar-refractivity contribution >= 4 is 34.0 Å². The van der Waals surface area contributed by atoms with Gasteiger partial charge in [-0.25, -0.2) is 0 Å². The Balaban J connectivity index is 2.47. The molecule has 2 atom stereocenters. The maximum absolute atomic E-state index is 12.1. The fraction of sp³-hybridized carbons (Fsp3) is 0.500. The Kier molecular flexibility index (Phi) is 7.90. The minimum absolute atomic E-state index is 0.111. The average Bonchev–Trinajstić information content (AvgIpc) is 2.37. The van der Waals surface area contributed by atoms with Crippen molar-refractivity contribution in [2.24, 2.45) is 0 Å². The molecule has 0 aliphatic heterocycles. The number of ether oxygens (including phenoxy) is 1. The second kappa shape index (κ2) is 8.89. The van der Waals surface area contributed by atoms with E-state index in [-0.39, 0.29) is 5.75 Å². The van der Waals surface area contributed by atoms with Crippen molar-refractivity contribution in [2.45, 2.75) is 11.0 Å². The Labute approximate surface area is 125 Å². The van der Waals surface area contributed by atoms with E-state index in [1.807, 2.05) is 0 Å². The first-order valence-corrected chi connectivity index (χ1v) is 7.83. The summed E-state index contributed by atoms with van der Waals surface area (Å²) in [6, 6.07) is 4.79. The van der Waals surface area contributed by atoms with E-state index in [4.69, 9.17) is 27.9 Å². The van der Waals surface area contributed by atoms with Gasteiger partial charge in [-0.2, -0.15) is 0 Å². The fourth-order valence-electron chi connectivity index (χ4n) is 1.42. The second-order valence-electron chi connectivity index (χ2n) is 3.94. The molecule has 19 heavy (non-hydrogen) atoms. The van der Waals surface area contributed by atoms with Gasteiger partial charge >= 0.3 is 0 Å². The zero-order valence-corrected chi connectivity index (χ0v) is 12.9. The van der Waals surface area contributed by atoms with Gasteiger partial charge in [-0.1, -0.05) is 23.2 Å². The van der Waals surface area contributed by atoms with Crippen molar-refractivity contribution in [3.8, 4) is 0 Å². The van der Waals surface area contributed by atoms with E-state index in [2.05, 4.69) is 5.32 Å². The number of hydrogen-bond donors (Lipinski definition) is 2. The van der Waals surface area contributed by atoms with Crippen LogP contribution in [0.4, 0.5) is 0 Å². The molecule has 0 saturated heterocycles. The predicted octanol–water partition coefficient (Wildman–Crippen LogP) is 1.70. The van der Waals surface area contributed by atoms with Crippen molar-refractivity contribution in [1.82, 2.24) is 5.32 Å². The van der Waals surface area contributed by atoms with Crippen LogP contribution in [0.25, 0.3) is 0 Å². The van der Waals surface area contributed by atoms with Crippen LogP contribution in [0.5, 0.6) is 0 Å². The number of aliphatic hydroxyl groups excluding tert-OH is 1. The van der Waals surface area contributed by atoms with E-state index in [0.717, 1.165) is 0 Å². The lowest BCUT2D eigenvalue weighted by molar-refractivity contribution is 0.174. The number of methoxy groups -OCH3 is 1. The molecule has 0 fully saturated rings. The molecule has 0 spiro atoms. The molecule has 0 saturated carbocycles. The first-order chi connectivity index (χ1) is 9.04. The molecule has 2 N–H and O–H groups in total. The molecular weight excluding hydrogens is 309 g/mol. The van der Waals surface area contributed by atoms with Crippen LogP contribution < -0.4 is 5.32 Å². The van der Waals surface area contributed by atoms with E-state index >= 15 is 0 Å². The second-order valence-corrected chi connectivity index (χ2v) is 6.25. The summed E-state index contributed by atoms with van der Waals surface area (Å²) in [5.74, 6) is 0.111. The molecule has 1 aromatic carbocycles. The highest BCUT2D eigenvalue weighted by Gasteiger charge is 2.14. The van der Waals surface area contributed by atoms with Gasteiger partial charge in [-0.05, 0) is 18.2 Å². The first-order valence-electron chi connectivity index (χ1n) is 5.75. The van der Waals surface area contributed by atoms with Gasteiger partial charge < -0.3 is 15.2 Å². The van der Waals surface area contributed by atoms with Gasteiger partial charge in [0.25, 0.3) is 0 Å². The molecule has 0 bridgehead atoms. The lowest BCUT2D eigenvalue weighted by Crippen LogP contribution is -2.32. The number of nitrogens with one attached hydrogen (secondary N) is 1. The molecule has 2 unspecified atom stereocenters. The van der Waals surface area contributed by atoms with Gasteiger partial charge in [-0.3, -0.25) is 4.21 Å². The van der Waals surface area contributed by atoms with Gasteiger partial charge in [0.05, 0.1) is 39.2 Å². The average molecular weight is 326 g/mol. The van der Waals surface area contributed by atoms with Crippen LogP contribution in [0, 0.1) is 0 Å². The zero-order valence-electron chi connectivity index (χ0n) is 10.6. The molecule has 0 heterocycles. The maximum Gasteiger partial charge on any atom is 0.0783 e. The highest BCUT2D eigenvalue weighted by atomic mass is 35.5. The summed E-state index contributed by atoms with van der Waals surface area (Å²) in [5, 5.41) is 13.6. The van der Waals surface area contributed by atoms with E-state index in [9.17, 15) is 9.32 Å². The van der Waals surface area contributed by atoms with Crippen molar-refractivity contribution in [2.75, 3.05) is 32.6 Å². The number of aliphatic hydroxyl groups is 1. The molecule has 0 radical (unpaired) electrons. The van der Waals surface area contributed by atoms with Crippen molar-refractivity contribution in [3.63, 3.8) is 0 Å². The maximum atomic E-state index is 12.1. The monoisotopic (exact) mass is 325 g/mol. The Morgan fingerprint density at radius 2 is 2.21 bits per heavy atom. The van der Waals surface area contributed by atoms with Gasteiger partial charge in [0, 0.05) is 25.2 Å². The summed E-state index contributed by atoms with van der Waals surface area (Å²) in [4.78, 5) is 0.449. The lowest BCUT2D eigenvalue weighted by atomic mass is 10.4. The molecule has 108 valence electrons. The standard InChI is InChI=1S/C12H17Cl2NO3S/c1-18-5-4-15-7-10(16)8-19(17)12-6-9(13)2-3-11(12)14/h2-3,6,10,15-16H,4-5,7-8H2,1H3. The minimum Gasteiger partial charge on any atom is -0.391 e. The van der Waals surface area contributed by atoms with E-state index in [1.54, 1.807) is 25.3 Å². The topological polar surface area (TPSA) is 58.6 Å². The van der Waals surface area contributed by atoms with Crippen molar-refractivity contribution in [1.29, 1.82) is 0 Å². The predicted molar refractivity (Wildman–Crippen MR) is 78.5 cm³/mol. The summed E-state index contributed by atoms with van der Waals surface area (Å²) in [6.45, 7) is 1.56. The number of rotatable bonds is 8. The van der Waals surface area contributed by atoms with Crippen LogP contribution in [0.3, 0.4) is 0 Å². The number of hydrogen-bond acceptors (Lipinski definition) is 4. The smallest absolute Gasteiger partial charge is 0.0783 e. The summed E-state index contributed by atoms with van der Waals surface area (Å²) < 4.78 is 16.9. The summed E-state index contributed by atoms with van der Waals surface area (Å²) in [5.41, 5.74) is 0. The Hall–Kier alpha value is -0.170. The minimum atomic E-state index is -1.38. The van der Waals surface area contributed by atoms with E-state index < -0.39 is 16.9 Å². The first kappa shape index (κ1) is 16.9. The molecule has 1 aromatic rings. The van der Waals surface area contributed by atoms with E-state index in [0.29, 0.717) is 34.6 Å².